The normalized spacial score (nSPS) is 13.0. The van der Waals surface area contributed by atoms with Gasteiger partial charge < -0.3 is 19.7 Å². The maximum Gasteiger partial charge on any atom is 0.407 e. The fourth-order valence-electron chi connectivity index (χ4n) is 3.25. The molecule has 1 aromatic heterocycles. The molecule has 0 saturated carbocycles. The lowest BCUT2D eigenvalue weighted by Gasteiger charge is -2.25. The zero-order valence-electron chi connectivity index (χ0n) is 17.9. The largest absolute Gasteiger partial charge is 0.445 e. The summed E-state index contributed by atoms with van der Waals surface area (Å²) in [6.45, 7) is 3.94. The Morgan fingerprint density at radius 1 is 1.03 bits per heavy atom. The van der Waals surface area contributed by atoms with Gasteiger partial charge in [0.15, 0.2) is 0 Å². The minimum absolute atomic E-state index is 0.0701. The number of aliphatic hydroxyl groups excluding tert-OH is 1. The topological polar surface area (TPSA) is 97.5 Å². The number of nitrogens with zero attached hydrogens (tertiary/aromatic N) is 2. The van der Waals surface area contributed by atoms with E-state index in [1.54, 1.807) is 0 Å². The molecule has 1 unspecified atom stereocenters. The van der Waals surface area contributed by atoms with E-state index in [-0.39, 0.29) is 18.3 Å². The summed E-state index contributed by atoms with van der Waals surface area (Å²) >= 11 is 0. The molecule has 3 rings (SSSR count). The standard InChI is InChI=1S/C24H29N3O4/c1-17(2)21(26-24(29)30-16-19-12-7-4-8-13-19)22(28)23-25-20(31-27-23)15-9-14-18-10-5-3-6-11-18/h3-8,10-13,17,21-22,28H,9,14-16H2,1-2H3,(H,26,29)/t21-,22?/m0/s1. The Hall–Kier alpha value is -3.19. The SMILES string of the molecule is CC(C)[C@H](NC(=O)OCc1ccccc1)C(O)c1noc(CCCc2ccccc2)n1. The van der Waals surface area contributed by atoms with Gasteiger partial charge in [0.1, 0.15) is 12.7 Å². The summed E-state index contributed by atoms with van der Waals surface area (Å²) in [7, 11) is 0. The van der Waals surface area contributed by atoms with E-state index in [4.69, 9.17) is 9.26 Å². The average Bonchev–Trinajstić information content (AvgIpc) is 3.26. The third-order valence-electron chi connectivity index (χ3n) is 5.00. The average molecular weight is 424 g/mol. The van der Waals surface area contributed by atoms with Crippen molar-refractivity contribution < 1.29 is 19.2 Å². The van der Waals surface area contributed by atoms with E-state index in [2.05, 4.69) is 27.6 Å². The quantitative estimate of drug-likeness (QED) is 0.506. The van der Waals surface area contributed by atoms with E-state index in [9.17, 15) is 9.90 Å². The first-order valence-electron chi connectivity index (χ1n) is 10.5. The molecule has 0 aliphatic carbocycles. The molecule has 2 atom stereocenters. The molecule has 0 aliphatic rings. The molecular formula is C24H29N3O4. The Morgan fingerprint density at radius 3 is 2.32 bits per heavy atom. The summed E-state index contributed by atoms with van der Waals surface area (Å²) in [4.78, 5) is 16.6. The highest BCUT2D eigenvalue weighted by Gasteiger charge is 2.30. The van der Waals surface area contributed by atoms with Crippen LogP contribution in [0.1, 0.15) is 49.2 Å². The highest BCUT2D eigenvalue weighted by Crippen LogP contribution is 2.20. The number of aryl methyl sites for hydroxylation is 2. The molecule has 0 saturated heterocycles. The van der Waals surface area contributed by atoms with Crippen molar-refractivity contribution in [3.05, 3.63) is 83.5 Å². The van der Waals surface area contributed by atoms with Crippen molar-refractivity contribution >= 4 is 6.09 Å². The van der Waals surface area contributed by atoms with Crippen LogP contribution in [0.3, 0.4) is 0 Å². The Labute approximate surface area is 182 Å². The van der Waals surface area contributed by atoms with E-state index in [1.165, 1.54) is 5.56 Å². The summed E-state index contributed by atoms with van der Waals surface area (Å²) < 4.78 is 10.6. The third kappa shape index (κ3) is 6.93. The van der Waals surface area contributed by atoms with Crippen molar-refractivity contribution in [1.29, 1.82) is 0 Å². The van der Waals surface area contributed by atoms with Gasteiger partial charge in [-0.3, -0.25) is 0 Å². The number of benzene rings is 2. The zero-order chi connectivity index (χ0) is 22.1. The molecule has 1 amide bonds. The number of aliphatic hydroxyl groups is 1. The smallest absolute Gasteiger partial charge is 0.407 e. The Kier molecular flexibility index (Phi) is 8.18. The van der Waals surface area contributed by atoms with Crippen LogP contribution >= 0.6 is 0 Å². The minimum atomic E-state index is -1.10. The molecule has 31 heavy (non-hydrogen) atoms. The maximum atomic E-state index is 12.2. The van der Waals surface area contributed by atoms with Gasteiger partial charge in [-0.1, -0.05) is 79.7 Å². The zero-order valence-corrected chi connectivity index (χ0v) is 17.9. The van der Waals surface area contributed by atoms with Gasteiger partial charge in [0.2, 0.25) is 11.7 Å². The lowest BCUT2D eigenvalue weighted by atomic mass is 9.98. The molecule has 164 valence electrons. The summed E-state index contributed by atoms with van der Waals surface area (Å²) in [5, 5.41) is 17.4. The van der Waals surface area contributed by atoms with E-state index in [0.717, 1.165) is 18.4 Å². The van der Waals surface area contributed by atoms with Gasteiger partial charge in [-0.2, -0.15) is 4.98 Å². The Balaban J connectivity index is 1.52. The lowest BCUT2D eigenvalue weighted by Crippen LogP contribution is -2.43. The highest BCUT2D eigenvalue weighted by atomic mass is 16.5. The molecule has 3 aromatic rings. The first-order chi connectivity index (χ1) is 15.0. The van der Waals surface area contributed by atoms with Crippen molar-refractivity contribution in [3.63, 3.8) is 0 Å². The van der Waals surface area contributed by atoms with Gasteiger partial charge in [-0.05, 0) is 29.9 Å². The van der Waals surface area contributed by atoms with E-state index >= 15 is 0 Å². The molecule has 7 nitrogen and oxygen atoms in total. The van der Waals surface area contributed by atoms with E-state index in [1.807, 2.05) is 62.4 Å². The Morgan fingerprint density at radius 2 is 1.68 bits per heavy atom. The van der Waals surface area contributed by atoms with E-state index < -0.39 is 18.2 Å². The monoisotopic (exact) mass is 423 g/mol. The van der Waals surface area contributed by atoms with Crippen LogP contribution in [0.4, 0.5) is 4.79 Å². The summed E-state index contributed by atoms with van der Waals surface area (Å²) in [6.07, 6.45) is 0.682. The number of rotatable bonds is 10. The Bertz CT molecular complexity index is 928. The molecule has 2 N–H and O–H groups in total. The number of hydrogen-bond acceptors (Lipinski definition) is 6. The second-order valence-corrected chi connectivity index (χ2v) is 7.81. The first kappa shape index (κ1) is 22.5. The van der Waals surface area contributed by atoms with Crippen molar-refractivity contribution in [1.82, 2.24) is 15.5 Å². The molecule has 0 radical (unpaired) electrons. The number of alkyl carbamates (subject to hydrolysis) is 1. The highest BCUT2D eigenvalue weighted by molar-refractivity contribution is 5.67. The van der Waals surface area contributed by atoms with Gasteiger partial charge in [0.25, 0.3) is 0 Å². The lowest BCUT2D eigenvalue weighted by molar-refractivity contribution is 0.0796. The van der Waals surface area contributed by atoms with Gasteiger partial charge in [0.05, 0.1) is 6.04 Å². The van der Waals surface area contributed by atoms with Crippen LogP contribution in [0.25, 0.3) is 0 Å². The third-order valence-corrected chi connectivity index (χ3v) is 5.00. The van der Waals surface area contributed by atoms with Crippen LogP contribution in [-0.4, -0.2) is 27.4 Å². The number of carbonyl (C=O) groups excluding carboxylic acids is 1. The van der Waals surface area contributed by atoms with Gasteiger partial charge in [0, 0.05) is 6.42 Å². The van der Waals surface area contributed by atoms with Crippen molar-refractivity contribution in [2.75, 3.05) is 0 Å². The van der Waals surface area contributed by atoms with Crippen molar-refractivity contribution in [2.45, 2.75) is 51.9 Å². The van der Waals surface area contributed by atoms with Crippen molar-refractivity contribution in [3.8, 4) is 0 Å². The minimum Gasteiger partial charge on any atom is -0.445 e. The molecule has 7 heteroatoms. The molecule has 0 bridgehead atoms. The summed E-state index contributed by atoms with van der Waals surface area (Å²) in [6, 6.07) is 19.0. The predicted octanol–water partition coefficient (Wildman–Crippen LogP) is 4.23. The fraction of sp³-hybridized carbons (Fsp3) is 0.375. The van der Waals surface area contributed by atoms with Crippen LogP contribution in [-0.2, 0) is 24.2 Å². The van der Waals surface area contributed by atoms with E-state index in [0.29, 0.717) is 12.3 Å². The molecule has 2 aromatic carbocycles. The maximum absolute atomic E-state index is 12.2. The number of hydrogen-bond donors (Lipinski definition) is 2. The van der Waals surface area contributed by atoms with Gasteiger partial charge in [-0.25, -0.2) is 4.79 Å². The van der Waals surface area contributed by atoms with Crippen molar-refractivity contribution in [2.24, 2.45) is 5.92 Å². The second-order valence-electron chi connectivity index (χ2n) is 7.81. The summed E-state index contributed by atoms with van der Waals surface area (Å²) in [5.41, 5.74) is 2.14. The predicted molar refractivity (Wildman–Crippen MR) is 116 cm³/mol. The van der Waals surface area contributed by atoms with Crippen LogP contribution in [0.15, 0.2) is 65.2 Å². The summed E-state index contributed by atoms with van der Waals surface area (Å²) in [5.74, 6) is 0.565. The molecule has 0 aliphatic heterocycles. The molecular weight excluding hydrogens is 394 g/mol. The number of amides is 1. The van der Waals surface area contributed by atoms with Crippen LogP contribution < -0.4 is 5.32 Å². The van der Waals surface area contributed by atoms with Crippen LogP contribution in [0.5, 0.6) is 0 Å². The first-order valence-corrected chi connectivity index (χ1v) is 10.5. The van der Waals surface area contributed by atoms with Gasteiger partial charge >= 0.3 is 6.09 Å². The second kappa shape index (κ2) is 11.3. The van der Waals surface area contributed by atoms with Crippen LogP contribution in [0.2, 0.25) is 0 Å². The molecule has 0 fully saturated rings. The number of ether oxygens (including phenoxy) is 1. The number of carbonyl (C=O) groups is 1. The fourth-order valence-corrected chi connectivity index (χ4v) is 3.25. The number of nitrogens with one attached hydrogen (secondary N) is 1. The molecule has 0 spiro atoms. The van der Waals surface area contributed by atoms with Gasteiger partial charge in [-0.15, -0.1) is 0 Å². The molecule has 1 heterocycles. The van der Waals surface area contributed by atoms with Crippen LogP contribution in [0, 0.1) is 5.92 Å². The number of aromatic nitrogens is 2.